The summed E-state index contributed by atoms with van der Waals surface area (Å²) in [5, 5.41) is 11.3. The number of rotatable bonds is 5. The van der Waals surface area contributed by atoms with Gasteiger partial charge in [-0.1, -0.05) is 17.7 Å². The molecule has 4 amide bonds. The van der Waals surface area contributed by atoms with E-state index in [1.165, 1.54) is 31.4 Å². The van der Waals surface area contributed by atoms with Crippen LogP contribution in [0.5, 0.6) is 11.5 Å². The van der Waals surface area contributed by atoms with E-state index in [-0.39, 0.29) is 33.9 Å². The fourth-order valence-electron chi connectivity index (χ4n) is 8.77. The minimum atomic E-state index is -2.81. The van der Waals surface area contributed by atoms with E-state index in [4.69, 9.17) is 32.7 Å². The van der Waals surface area contributed by atoms with Gasteiger partial charge < -0.3 is 19.5 Å². The molecule has 282 valence electrons. The van der Waals surface area contributed by atoms with Gasteiger partial charge in [0.1, 0.15) is 17.2 Å². The van der Waals surface area contributed by atoms with Crippen LogP contribution in [0.15, 0.2) is 54.1 Å². The molecule has 0 radical (unpaired) electrons. The molecule has 3 aromatic carbocycles. The molecule has 1 N–H and O–H groups in total. The number of anilines is 3. The van der Waals surface area contributed by atoms with Crippen molar-refractivity contribution in [1.82, 2.24) is 0 Å². The van der Waals surface area contributed by atoms with Crippen molar-refractivity contribution in [3.05, 3.63) is 88.8 Å². The van der Waals surface area contributed by atoms with Gasteiger partial charge in [-0.25, -0.2) is 26.9 Å². The van der Waals surface area contributed by atoms with Crippen LogP contribution in [0.25, 0.3) is 0 Å². The zero-order valence-electron chi connectivity index (χ0n) is 28.1. The summed E-state index contributed by atoms with van der Waals surface area (Å²) in [4.78, 5) is 54.7. The first-order valence-electron chi connectivity index (χ1n) is 16.8. The number of imide groups is 2. The quantitative estimate of drug-likeness (QED) is 0.0875. The lowest BCUT2D eigenvalue weighted by molar-refractivity contribution is -0.125. The number of fused-ring (bicyclic) bond motifs is 4. The normalized spacial score (nSPS) is 29.3. The maximum absolute atomic E-state index is 15.3. The van der Waals surface area contributed by atoms with E-state index < -0.39 is 104 Å². The lowest BCUT2D eigenvalue weighted by Gasteiger charge is -2.50. The van der Waals surface area contributed by atoms with Crippen LogP contribution in [0.4, 0.5) is 39.0 Å². The Balaban J connectivity index is 1.27. The summed E-state index contributed by atoms with van der Waals surface area (Å²) in [5.74, 6) is -22.5. The van der Waals surface area contributed by atoms with Crippen LogP contribution in [0, 0.1) is 46.8 Å². The number of phenolic OH excluding ortho intramolecular Hbond substituents is 1. The predicted molar refractivity (Wildman–Crippen MR) is 183 cm³/mol. The first-order valence-corrected chi connectivity index (χ1v) is 17.6. The van der Waals surface area contributed by atoms with Gasteiger partial charge in [-0.15, -0.1) is 23.2 Å². The number of aromatic hydroxyl groups is 1. The summed E-state index contributed by atoms with van der Waals surface area (Å²) in [5.41, 5.74) is -0.813. The van der Waals surface area contributed by atoms with E-state index in [1.54, 1.807) is 24.3 Å². The second-order valence-electron chi connectivity index (χ2n) is 13.7. The average molecular weight is 793 g/mol. The van der Waals surface area contributed by atoms with Gasteiger partial charge in [0.05, 0.1) is 37.8 Å². The number of alkyl halides is 2. The first-order chi connectivity index (χ1) is 25.7. The van der Waals surface area contributed by atoms with Crippen LogP contribution >= 0.6 is 23.2 Å². The molecule has 2 aliphatic carbocycles. The number of hydrogen-bond donors (Lipinski definition) is 1. The number of ether oxygens (including phenoxy) is 2. The molecular formula is C37H28Cl2F5N3O7. The zero-order chi connectivity index (χ0) is 38.6. The van der Waals surface area contributed by atoms with Gasteiger partial charge in [0, 0.05) is 30.3 Å². The number of allylic oxidation sites excluding steroid dienone is 2. The standard InChI is InChI=1S/C37H28Cl2F5N3O7/c1-53-22-4-2-3-21(48)24(22)25-18-9-10-19-23(33(50)46(32(19)49)17-7-5-16(6-8-17)45-11-13-54-14-12-45)20(18)15-36(38)34(51)47(35(52)37(25,36)39)31-29(43)27(41)26(40)28(42)30(31)44/h2-9,19-20,23,25,48H,10-15H2,1H3/t19-,20+,23-,25+,36+,37-/m0/s1. The molecule has 10 nitrogen and oxygen atoms in total. The molecule has 8 rings (SSSR count). The molecule has 1 saturated carbocycles. The van der Waals surface area contributed by atoms with Crippen LogP contribution < -0.4 is 19.4 Å². The fourth-order valence-corrected chi connectivity index (χ4v) is 9.69. The average Bonchev–Trinajstić information content (AvgIpc) is 3.51. The number of phenols is 1. The molecule has 3 aliphatic heterocycles. The molecule has 0 aromatic heterocycles. The van der Waals surface area contributed by atoms with Crippen molar-refractivity contribution in [3.63, 3.8) is 0 Å². The van der Waals surface area contributed by atoms with Gasteiger partial charge in [-0.05, 0) is 55.2 Å². The van der Waals surface area contributed by atoms with E-state index >= 15 is 8.78 Å². The highest BCUT2D eigenvalue weighted by atomic mass is 35.5. The van der Waals surface area contributed by atoms with Gasteiger partial charge in [0.2, 0.25) is 17.6 Å². The Kier molecular flexibility index (Phi) is 8.51. The highest BCUT2D eigenvalue weighted by molar-refractivity contribution is 6.58. The molecule has 0 spiro atoms. The van der Waals surface area contributed by atoms with E-state index in [1.807, 2.05) is 0 Å². The smallest absolute Gasteiger partial charge is 0.258 e. The molecule has 0 bridgehead atoms. The minimum Gasteiger partial charge on any atom is -0.508 e. The third-order valence-electron chi connectivity index (χ3n) is 11.3. The van der Waals surface area contributed by atoms with Crippen molar-refractivity contribution < 1.29 is 55.7 Å². The lowest BCUT2D eigenvalue weighted by Crippen LogP contribution is -2.60. The van der Waals surface area contributed by atoms with Crippen molar-refractivity contribution >= 4 is 63.9 Å². The topological polar surface area (TPSA) is 117 Å². The second kappa shape index (κ2) is 12.7. The Morgan fingerprint density at radius 1 is 0.796 bits per heavy atom. The Morgan fingerprint density at radius 3 is 2.04 bits per heavy atom. The Bertz CT molecular complexity index is 2170. The van der Waals surface area contributed by atoms with Crippen molar-refractivity contribution in [2.75, 3.05) is 48.1 Å². The molecular weight excluding hydrogens is 764 g/mol. The Morgan fingerprint density at radius 2 is 1.41 bits per heavy atom. The van der Waals surface area contributed by atoms with Gasteiger partial charge >= 0.3 is 0 Å². The highest BCUT2D eigenvalue weighted by Gasteiger charge is 2.77. The monoisotopic (exact) mass is 791 g/mol. The second-order valence-corrected chi connectivity index (χ2v) is 15.0. The maximum Gasteiger partial charge on any atom is 0.258 e. The van der Waals surface area contributed by atoms with Crippen LogP contribution in [0.2, 0.25) is 0 Å². The Labute approximate surface area is 313 Å². The van der Waals surface area contributed by atoms with Crippen LogP contribution in [0.3, 0.4) is 0 Å². The number of benzene rings is 3. The Hall–Kier alpha value is -4.73. The van der Waals surface area contributed by atoms with E-state index in [9.17, 15) is 37.5 Å². The van der Waals surface area contributed by atoms with Gasteiger partial charge in [-0.3, -0.25) is 24.1 Å². The van der Waals surface area contributed by atoms with Crippen molar-refractivity contribution in [2.24, 2.45) is 17.8 Å². The van der Waals surface area contributed by atoms with Crippen molar-refractivity contribution in [3.8, 4) is 11.5 Å². The summed E-state index contributed by atoms with van der Waals surface area (Å²) in [7, 11) is 1.23. The number of hydrogen-bond acceptors (Lipinski definition) is 8. The van der Waals surface area contributed by atoms with Crippen LogP contribution in [0.1, 0.15) is 24.3 Å². The number of carbonyl (C=O) groups excluding carboxylic acids is 4. The van der Waals surface area contributed by atoms with E-state index in [2.05, 4.69) is 4.90 Å². The van der Waals surface area contributed by atoms with Crippen molar-refractivity contribution in [2.45, 2.75) is 28.5 Å². The summed E-state index contributed by atoms with van der Waals surface area (Å²) in [6.07, 6.45) is 0.788. The summed E-state index contributed by atoms with van der Waals surface area (Å²) < 4.78 is 84.7. The van der Waals surface area contributed by atoms with E-state index in [0.29, 0.717) is 26.3 Å². The van der Waals surface area contributed by atoms with E-state index in [0.717, 1.165) is 10.6 Å². The van der Waals surface area contributed by atoms with Gasteiger partial charge in [0.25, 0.3) is 11.8 Å². The van der Waals surface area contributed by atoms with Gasteiger partial charge in [-0.2, -0.15) is 0 Å². The van der Waals surface area contributed by atoms with Gasteiger partial charge in [0.15, 0.2) is 33.0 Å². The summed E-state index contributed by atoms with van der Waals surface area (Å²) in [6.45, 7) is 2.37. The molecule has 5 aliphatic rings. The number of methoxy groups -OCH3 is 1. The SMILES string of the molecule is COc1cccc(O)c1[C@H]1C2=CC[C@@H]3C(=O)N(c4ccc(N5CCOCC5)cc4)C(=O)[C@@H]3[C@@H]2C[C@@]2(Cl)C(=O)N(c3c(F)c(F)c(F)c(F)c3F)C(=O)[C@@]12Cl. The molecule has 54 heavy (non-hydrogen) atoms. The predicted octanol–water partition coefficient (Wildman–Crippen LogP) is 5.70. The molecule has 6 atom stereocenters. The molecule has 17 heteroatoms. The maximum atomic E-state index is 15.3. The van der Waals surface area contributed by atoms with Crippen LogP contribution in [-0.2, 0) is 23.9 Å². The molecule has 4 fully saturated rings. The summed E-state index contributed by atoms with van der Waals surface area (Å²) >= 11 is 14.3. The summed E-state index contributed by atoms with van der Waals surface area (Å²) in [6, 6.07) is 10.8. The number of carbonyl (C=O) groups is 4. The van der Waals surface area contributed by atoms with Crippen LogP contribution in [-0.4, -0.2) is 71.9 Å². The first kappa shape index (κ1) is 36.3. The zero-order valence-corrected chi connectivity index (χ0v) is 29.6. The third-order valence-corrected chi connectivity index (χ3v) is 12.7. The number of morpholine rings is 1. The number of amides is 4. The fraction of sp³-hybridized carbons (Fsp3) is 0.351. The highest BCUT2D eigenvalue weighted by Crippen LogP contribution is 2.67. The van der Waals surface area contributed by atoms with Crippen molar-refractivity contribution in [1.29, 1.82) is 0 Å². The largest absolute Gasteiger partial charge is 0.508 e. The number of nitrogens with zero attached hydrogens (tertiary/aromatic N) is 3. The molecule has 3 saturated heterocycles. The number of halogens is 7. The third kappa shape index (κ3) is 4.73. The molecule has 3 heterocycles. The minimum absolute atomic E-state index is 0.0679. The molecule has 3 aromatic rings. The lowest BCUT2D eigenvalue weighted by atomic mass is 9.56. The molecule has 0 unspecified atom stereocenters.